The molecule has 3 aromatic heterocycles. The second-order valence-corrected chi connectivity index (χ2v) is 8.08. The van der Waals surface area contributed by atoms with Gasteiger partial charge in [0.15, 0.2) is 0 Å². The maximum absolute atomic E-state index is 13.1. The van der Waals surface area contributed by atoms with Gasteiger partial charge in [0.2, 0.25) is 0 Å². The van der Waals surface area contributed by atoms with Crippen molar-refractivity contribution >= 4 is 28.3 Å². The summed E-state index contributed by atoms with van der Waals surface area (Å²) in [6.07, 6.45) is 9.24. The van der Waals surface area contributed by atoms with Gasteiger partial charge in [0.05, 0.1) is 17.4 Å². The fraction of sp³-hybridized carbons (Fsp3) is 0.200. The molecule has 3 N–H and O–H groups in total. The minimum absolute atomic E-state index is 0.355. The molecular weight excluding hydrogens is 419 g/mol. The second-order valence-electron chi connectivity index (χ2n) is 8.08. The summed E-state index contributed by atoms with van der Waals surface area (Å²) in [5.41, 5.74) is 3.94. The molecule has 0 aliphatic carbocycles. The van der Waals surface area contributed by atoms with Crippen LogP contribution in [0.5, 0.6) is 0 Å². The number of piperidine rings is 1. The molecule has 5 rings (SSSR count). The molecule has 0 spiro atoms. The van der Waals surface area contributed by atoms with Gasteiger partial charge in [0.1, 0.15) is 11.6 Å². The Bertz CT molecular complexity index is 1290. The van der Waals surface area contributed by atoms with Gasteiger partial charge in [-0.15, -0.1) is 0 Å². The van der Waals surface area contributed by atoms with Gasteiger partial charge in [0.25, 0.3) is 5.91 Å². The molecule has 0 unspecified atom stereocenters. The minimum Gasteiger partial charge on any atom is -0.381 e. The first-order valence-electron chi connectivity index (χ1n) is 10.9. The summed E-state index contributed by atoms with van der Waals surface area (Å²) in [6, 6.07) is 11.7. The van der Waals surface area contributed by atoms with Gasteiger partial charge >= 0.3 is 0 Å². The van der Waals surface area contributed by atoms with E-state index in [2.05, 4.69) is 37.0 Å². The predicted molar refractivity (Wildman–Crippen MR) is 127 cm³/mol. The van der Waals surface area contributed by atoms with E-state index in [-0.39, 0.29) is 5.91 Å². The average molecular weight is 442 g/mol. The van der Waals surface area contributed by atoms with Crippen LogP contribution in [-0.2, 0) is 0 Å². The van der Waals surface area contributed by atoms with E-state index in [0.717, 1.165) is 53.6 Å². The summed E-state index contributed by atoms with van der Waals surface area (Å²) in [5.74, 6) is -0.347. The van der Waals surface area contributed by atoms with Gasteiger partial charge in [-0.05, 0) is 68.4 Å². The topological polar surface area (TPSA) is 91.8 Å². The summed E-state index contributed by atoms with van der Waals surface area (Å²) < 4.78 is 13.1. The molecule has 1 aliphatic rings. The van der Waals surface area contributed by atoms with Crippen molar-refractivity contribution in [2.45, 2.75) is 18.9 Å². The molecule has 0 radical (unpaired) electrons. The van der Waals surface area contributed by atoms with Crippen molar-refractivity contribution in [3.8, 4) is 11.1 Å². The predicted octanol–water partition coefficient (Wildman–Crippen LogP) is 4.25. The lowest BCUT2D eigenvalue weighted by Gasteiger charge is -2.24. The Labute approximate surface area is 190 Å². The molecular formula is C25H23FN6O. The number of halogens is 1. The normalized spacial score (nSPS) is 14.2. The molecule has 166 valence electrons. The summed E-state index contributed by atoms with van der Waals surface area (Å²) in [7, 11) is 0. The molecule has 4 heterocycles. The van der Waals surface area contributed by atoms with Gasteiger partial charge < -0.3 is 16.0 Å². The number of carbonyl (C=O) groups excluding carboxylic acids is 1. The smallest absolute Gasteiger partial charge is 0.256 e. The number of hydrogen-bond acceptors (Lipinski definition) is 6. The molecule has 33 heavy (non-hydrogen) atoms. The van der Waals surface area contributed by atoms with Crippen molar-refractivity contribution < 1.29 is 9.18 Å². The zero-order valence-electron chi connectivity index (χ0n) is 17.9. The Hall–Kier alpha value is -3.91. The van der Waals surface area contributed by atoms with E-state index in [0.29, 0.717) is 17.4 Å². The Morgan fingerprint density at radius 3 is 2.55 bits per heavy atom. The number of amides is 1. The third-order valence-electron chi connectivity index (χ3n) is 5.70. The van der Waals surface area contributed by atoms with Crippen LogP contribution >= 0.6 is 0 Å². The van der Waals surface area contributed by atoms with Crippen molar-refractivity contribution in [2.24, 2.45) is 0 Å². The highest BCUT2D eigenvalue weighted by atomic mass is 19.1. The van der Waals surface area contributed by atoms with Gasteiger partial charge in [-0.25, -0.2) is 9.37 Å². The number of nitrogens with one attached hydrogen (secondary N) is 3. The zero-order valence-corrected chi connectivity index (χ0v) is 17.9. The van der Waals surface area contributed by atoms with Crippen molar-refractivity contribution in [3.63, 3.8) is 0 Å². The molecule has 4 aromatic rings. The number of benzene rings is 1. The summed E-state index contributed by atoms with van der Waals surface area (Å²) in [6.45, 7) is 2.04. The highest BCUT2D eigenvalue weighted by Gasteiger charge is 2.13. The first kappa shape index (κ1) is 21.0. The monoisotopic (exact) mass is 442 g/mol. The molecule has 7 nitrogen and oxygen atoms in total. The van der Waals surface area contributed by atoms with E-state index in [9.17, 15) is 9.18 Å². The standard InChI is InChI=1S/C25H23FN6O/c26-20-3-1-16(2-4-20)25(33)32-24-11-17-9-18(13-29-23(17)15-30-24)19-10-22(14-28-12-19)31-21-5-7-27-8-6-21/h1-4,9-15,21,27,31H,5-8H2,(H,30,32,33). The van der Waals surface area contributed by atoms with Gasteiger partial charge in [-0.1, -0.05) is 0 Å². The number of pyridine rings is 3. The summed E-state index contributed by atoms with van der Waals surface area (Å²) >= 11 is 0. The lowest BCUT2D eigenvalue weighted by molar-refractivity contribution is 0.102. The van der Waals surface area contributed by atoms with Crippen LogP contribution in [0.1, 0.15) is 23.2 Å². The molecule has 8 heteroatoms. The van der Waals surface area contributed by atoms with Crippen LogP contribution in [-0.4, -0.2) is 40.0 Å². The number of anilines is 2. The Balaban J connectivity index is 1.37. The van der Waals surface area contributed by atoms with E-state index in [4.69, 9.17) is 0 Å². The van der Waals surface area contributed by atoms with E-state index < -0.39 is 5.82 Å². The van der Waals surface area contributed by atoms with Crippen molar-refractivity contribution in [3.05, 3.63) is 78.6 Å². The van der Waals surface area contributed by atoms with E-state index in [1.165, 1.54) is 24.3 Å². The molecule has 0 bridgehead atoms. The number of aromatic nitrogens is 3. The molecule has 1 aliphatic heterocycles. The van der Waals surface area contributed by atoms with Crippen LogP contribution < -0.4 is 16.0 Å². The summed E-state index contributed by atoms with van der Waals surface area (Å²) in [4.78, 5) is 25.6. The average Bonchev–Trinajstić information content (AvgIpc) is 2.85. The third kappa shape index (κ3) is 4.96. The van der Waals surface area contributed by atoms with Crippen LogP contribution in [0.15, 0.2) is 67.3 Å². The first-order chi connectivity index (χ1) is 16.1. The van der Waals surface area contributed by atoms with Crippen molar-refractivity contribution in [1.29, 1.82) is 0 Å². The number of fused-ring (bicyclic) bond motifs is 1. The SMILES string of the molecule is O=C(Nc1cc2cc(-c3cncc(NC4CCNCC4)c3)cnc2cn1)c1ccc(F)cc1. The fourth-order valence-corrected chi connectivity index (χ4v) is 3.93. The fourth-order valence-electron chi connectivity index (χ4n) is 3.93. The van der Waals surface area contributed by atoms with Gasteiger partial charge in [-0.2, -0.15) is 0 Å². The van der Waals surface area contributed by atoms with Crippen LogP contribution in [0.25, 0.3) is 22.0 Å². The quantitative estimate of drug-likeness (QED) is 0.428. The van der Waals surface area contributed by atoms with Crippen LogP contribution in [0.3, 0.4) is 0 Å². The Kier molecular flexibility index (Phi) is 5.91. The molecule has 1 amide bonds. The van der Waals surface area contributed by atoms with Gasteiger partial charge in [0, 0.05) is 46.7 Å². The first-order valence-corrected chi connectivity index (χ1v) is 10.9. The molecule has 1 fully saturated rings. The van der Waals surface area contributed by atoms with Crippen LogP contribution in [0.2, 0.25) is 0 Å². The van der Waals surface area contributed by atoms with E-state index in [1.54, 1.807) is 18.5 Å². The second kappa shape index (κ2) is 9.30. The maximum atomic E-state index is 13.1. The minimum atomic E-state index is -0.390. The number of rotatable bonds is 5. The third-order valence-corrected chi connectivity index (χ3v) is 5.70. The summed E-state index contributed by atoms with van der Waals surface area (Å²) in [5, 5.41) is 10.5. The highest BCUT2D eigenvalue weighted by molar-refractivity contribution is 6.04. The van der Waals surface area contributed by atoms with Crippen molar-refractivity contribution in [1.82, 2.24) is 20.3 Å². The number of carbonyl (C=O) groups is 1. The van der Waals surface area contributed by atoms with Crippen LogP contribution in [0.4, 0.5) is 15.9 Å². The Morgan fingerprint density at radius 1 is 0.939 bits per heavy atom. The highest BCUT2D eigenvalue weighted by Crippen LogP contribution is 2.26. The molecule has 1 saturated heterocycles. The molecule has 0 atom stereocenters. The molecule has 1 aromatic carbocycles. The molecule has 0 saturated carbocycles. The lowest BCUT2D eigenvalue weighted by Crippen LogP contribution is -2.35. The van der Waals surface area contributed by atoms with E-state index in [1.807, 2.05) is 18.5 Å². The lowest BCUT2D eigenvalue weighted by atomic mass is 10.1. The maximum Gasteiger partial charge on any atom is 0.256 e. The zero-order chi connectivity index (χ0) is 22.6. The largest absolute Gasteiger partial charge is 0.381 e. The van der Waals surface area contributed by atoms with E-state index >= 15 is 0 Å². The Morgan fingerprint density at radius 2 is 1.73 bits per heavy atom. The number of hydrogen-bond donors (Lipinski definition) is 3. The van der Waals surface area contributed by atoms with Crippen LogP contribution in [0, 0.1) is 5.82 Å². The van der Waals surface area contributed by atoms with Crippen molar-refractivity contribution in [2.75, 3.05) is 23.7 Å². The van der Waals surface area contributed by atoms with Gasteiger partial charge in [-0.3, -0.25) is 14.8 Å². The number of nitrogens with zero attached hydrogens (tertiary/aromatic N) is 3.